The first-order valence-electron chi connectivity index (χ1n) is 16.2. The van der Waals surface area contributed by atoms with Crippen LogP contribution in [0.3, 0.4) is 0 Å². The van der Waals surface area contributed by atoms with E-state index in [1.807, 2.05) is 18.2 Å². The first-order valence-corrected chi connectivity index (χ1v) is 16.2. The maximum absolute atomic E-state index is 6.74. The molecule has 2 aliphatic heterocycles. The van der Waals surface area contributed by atoms with Gasteiger partial charge in [-0.15, -0.1) is 0 Å². The Morgan fingerprint density at radius 2 is 1.17 bits per heavy atom. The summed E-state index contributed by atoms with van der Waals surface area (Å²) in [5.74, 6) is 3.32. The molecule has 4 nitrogen and oxygen atoms in total. The Hall–Kier alpha value is -6.00. The smallest absolute Gasteiger partial charge is 0.155 e. The second kappa shape index (κ2) is 8.62. The van der Waals surface area contributed by atoms with Crippen LogP contribution in [0, 0.1) is 0 Å². The van der Waals surface area contributed by atoms with E-state index in [-0.39, 0.29) is 5.41 Å². The number of benzene rings is 7. The number of hydrogen-bond acceptors (Lipinski definition) is 3. The lowest BCUT2D eigenvalue weighted by molar-refractivity contribution is 0.444. The Balaban J connectivity index is 1.21. The minimum atomic E-state index is -0.0602. The van der Waals surface area contributed by atoms with Gasteiger partial charge in [0.25, 0.3) is 0 Å². The number of ether oxygens (including phenoxy) is 2. The molecule has 3 aliphatic rings. The first kappa shape index (κ1) is 25.2. The number of rotatable bonds is 3. The van der Waals surface area contributed by atoms with Gasteiger partial charge in [-0.05, 0) is 81.6 Å². The van der Waals surface area contributed by atoms with Crippen molar-refractivity contribution >= 4 is 49.6 Å². The molecule has 0 atom stereocenters. The summed E-state index contributed by atoms with van der Waals surface area (Å²) in [4.78, 5) is 2.38. The van der Waals surface area contributed by atoms with E-state index in [9.17, 15) is 0 Å². The van der Waals surface area contributed by atoms with E-state index in [1.165, 1.54) is 33.0 Å². The minimum Gasteiger partial charge on any atom is -0.453 e. The molecule has 0 unspecified atom stereocenters. The van der Waals surface area contributed by atoms with E-state index in [0.29, 0.717) is 0 Å². The molecule has 0 N–H and O–H groups in total. The average Bonchev–Trinajstić information content (AvgIpc) is 3.55. The maximum atomic E-state index is 6.74. The van der Waals surface area contributed by atoms with Crippen molar-refractivity contribution in [2.45, 2.75) is 19.3 Å². The van der Waals surface area contributed by atoms with Crippen molar-refractivity contribution in [3.63, 3.8) is 0 Å². The van der Waals surface area contributed by atoms with Crippen molar-refractivity contribution in [1.82, 2.24) is 4.57 Å². The second-order valence-corrected chi connectivity index (χ2v) is 13.4. The number of hydrogen-bond donors (Lipinski definition) is 0. The molecule has 3 heterocycles. The van der Waals surface area contributed by atoms with Crippen molar-refractivity contribution in [3.05, 3.63) is 145 Å². The van der Waals surface area contributed by atoms with Gasteiger partial charge in [-0.2, -0.15) is 0 Å². The molecular weight excluding hydrogens is 576 g/mol. The highest BCUT2D eigenvalue weighted by molar-refractivity contribution is 6.16. The zero-order chi connectivity index (χ0) is 31.0. The molecule has 0 saturated carbocycles. The Labute approximate surface area is 271 Å². The molecule has 0 radical (unpaired) electrons. The second-order valence-electron chi connectivity index (χ2n) is 13.4. The van der Waals surface area contributed by atoms with Crippen LogP contribution < -0.4 is 14.4 Å². The monoisotopic (exact) mass is 604 g/mol. The lowest BCUT2D eigenvalue weighted by Crippen LogP contribution is -2.15. The zero-order valence-corrected chi connectivity index (χ0v) is 25.9. The van der Waals surface area contributed by atoms with Crippen molar-refractivity contribution in [1.29, 1.82) is 0 Å². The van der Waals surface area contributed by atoms with Crippen LogP contribution in [0.5, 0.6) is 23.0 Å². The SMILES string of the molecule is CC1(C)c2ccccc2-c2cc(N(c3ccc4ccccc4c3)c3cc4c5c(c3)c3cccc6c3n5-c3c(cccc3O4)O6)ccc21. The van der Waals surface area contributed by atoms with Crippen LogP contribution in [0.2, 0.25) is 0 Å². The Kier molecular flexibility index (Phi) is 4.63. The molecule has 0 amide bonds. The Bertz CT molecular complexity index is 2680. The standard InChI is InChI=1S/C43H28N2O2/c1-43(2)34-13-6-5-11-30(34)32-22-28(19-20-35(32)43)44(27-18-17-25-9-3-4-10-26(25)21-27)29-23-33-31-12-7-14-36-40(31)45-41(33)39(24-29)47-38-16-8-15-37(46-36)42(38)45/h3-24H,1-2H3. The third-order valence-electron chi connectivity index (χ3n) is 10.5. The Morgan fingerprint density at radius 3 is 2.06 bits per heavy atom. The van der Waals surface area contributed by atoms with E-state index in [4.69, 9.17) is 9.47 Å². The maximum Gasteiger partial charge on any atom is 0.155 e. The summed E-state index contributed by atoms with van der Waals surface area (Å²) in [6, 6.07) is 48.0. The fraction of sp³-hybridized carbons (Fsp3) is 0.0698. The van der Waals surface area contributed by atoms with Gasteiger partial charge in [0.05, 0.1) is 16.7 Å². The van der Waals surface area contributed by atoms with Crippen LogP contribution in [0.15, 0.2) is 133 Å². The lowest BCUT2D eigenvalue weighted by Gasteiger charge is -2.30. The summed E-state index contributed by atoms with van der Waals surface area (Å²) in [7, 11) is 0. The van der Waals surface area contributed by atoms with Gasteiger partial charge in [0.1, 0.15) is 5.69 Å². The van der Waals surface area contributed by atoms with Gasteiger partial charge in [0.2, 0.25) is 0 Å². The summed E-state index contributed by atoms with van der Waals surface area (Å²) < 4.78 is 15.5. The van der Waals surface area contributed by atoms with E-state index in [0.717, 1.165) is 67.6 Å². The highest BCUT2D eigenvalue weighted by atomic mass is 16.5. The van der Waals surface area contributed by atoms with Crippen LogP contribution in [0.4, 0.5) is 17.1 Å². The number of fused-ring (bicyclic) bond motifs is 5. The fourth-order valence-electron chi connectivity index (χ4n) is 8.36. The van der Waals surface area contributed by atoms with Crippen molar-refractivity contribution in [2.24, 2.45) is 0 Å². The third-order valence-corrected chi connectivity index (χ3v) is 10.5. The summed E-state index contributed by atoms with van der Waals surface area (Å²) in [6.45, 7) is 4.66. The third kappa shape index (κ3) is 3.22. The molecule has 1 aliphatic carbocycles. The summed E-state index contributed by atoms with van der Waals surface area (Å²) in [6.07, 6.45) is 0. The highest BCUT2D eigenvalue weighted by Crippen LogP contribution is 2.56. The molecule has 47 heavy (non-hydrogen) atoms. The van der Waals surface area contributed by atoms with Crippen molar-refractivity contribution in [3.8, 4) is 39.8 Å². The van der Waals surface area contributed by atoms with Crippen molar-refractivity contribution < 1.29 is 9.47 Å². The van der Waals surface area contributed by atoms with Gasteiger partial charge in [-0.25, -0.2) is 0 Å². The molecule has 4 heteroatoms. The molecule has 11 rings (SSSR count). The van der Waals surface area contributed by atoms with Crippen LogP contribution in [0.25, 0.3) is 49.4 Å². The number of anilines is 3. The largest absolute Gasteiger partial charge is 0.453 e. The van der Waals surface area contributed by atoms with Gasteiger partial charge in [-0.1, -0.05) is 92.7 Å². The quantitative estimate of drug-likeness (QED) is 0.201. The fourth-order valence-corrected chi connectivity index (χ4v) is 8.36. The van der Waals surface area contributed by atoms with Gasteiger partial charge >= 0.3 is 0 Å². The first-order chi connectivity index (χ1) is 23.0. The minimum absolute atomic E-state index is 0.0602. The number of aromatic nitrogens is 1. The van der Waals surface area contributed by atoms with Crippen LogP contribution in [-0.4, -0.2) is 4.57 Å². The summed E-state index contributed by atoms with van der Waals surface area (Å²) >= 11 is 0. The molecular formula is C43H28N2O2. The highest BCUT2D eigenvalue weighted by Gasteiger charge is 2.36. The molecule has 7 aromatic carbocycles. The molecule has 8 aromatic rings. The predicted octanol–water partition coefficient (Wildman–Crippen LogP) is 11.9. The molecule has 0 saturated heterocycles. The molecule has 0 spiro atoms. The predicted molar refractivity (Wildman–Crippen MR) is 191 cm³/mol. The average molecular weight is 605 g/mol. The van der Waals surface area contributed by atoms with Crippen LogP contribution in [0.1, 0.15) is 25.0 Å². The summed E-state index contributed by atoms with van der Waals surface area (Å²) in [5, 5.41) is 4.71. The molecule has 0 fully saturated rings. The van der Waals surface area contributed by atoms with E-state index in [1.54, 1.807) is 0 Å². The van der Waals surface area contributed by atoms with Gasteiger partial charge < -0.3 is 14.4 Å². The Morgan fingerprint density at radius 1 is 0.489 bits per heavy atom. The van der Waals surface area contributed by atoms with Crippen LogP contribution >= 0.6 is 0 Å². The van der Waals surface area contributed by atoms with Gasteiger partial charge in [0.15, 0.2) is 23.0 Å². The lowest BCUT2D eigenvalue weighted by atomic mass is 9.82. The molecule has 0 bridgehead atoms. The number of nitrogens with zero attached hydrogens (tertiary/aromatic N) is 2. The van der Waals surface area contributed by atoms with E-state index < -0.39 is 0 Å². The van der Waals surface area contributed by atoms with Gasteiger partial charge in [-0.3, -0.25) is 4.57 Å². The van der Waals surface area contributed by atoms with E-state index >= 15 is 0 Å². The molecule has 1 aromatic heterocycles. The van der Waals surface area contributed by atoms with Gasteiger partial charge in [0, 0.05) is 33.6 Å². The van der Waals surface area contributed by atoms with E-state index in [2.05, 4.69) is 139 Å². The molecule has 222 valence electrons. The normalized spacial score (nSPS) is 14.3. The topological polar surface area (TPSA) is 26.6 Å². The zero-order valence-electron chi connectivity index (χ0n) is 25.9. The summed E-state index contributed by atoms with van der Waals surface area (Å²) in [5.41, 5.74) is 11.6. The van der Waals surface area contributed by atoms with Crippen molar-refractivity contribution in [2.75, 3.05) is 4.90 Å². The number of para-hydroxylation sites is 2. The van der Waals surface area contributed by atoms with Crippen LogP contribution in [-0.2, 0) is 5.41 Å².